The molecule has 0 aliphatic heterocycles. The molecular weight excluding hydrogens is 314 g/mol. The second kappa shape index (κ2) is 6.76. The van der Waals surface area contributed by atoms with E-state index in [4.69, 9.17) is 4.74 Å². The van der Waals surface area contributed by atoms with Gasteiger partial charge in [0.2, 0.25) is 0 Å². The van der Waals surface area contributed by atoms with Crippen LogP contribution < -0.4 is 10.1 Å². The summed E-state index contributed by atoms with van der Waals surface area (Å²) in [5, 5.41) is 1.72. The summed E-state index contributed by atoms with van der Waals surface area (Å²) >= 11 is 0. The van der Waals surface area contributed by atoms with Crippen LogP contribution in [-0.4, -0.2) is 24.7 Å². The van der Waals surface area contributed by atoms with Crippen LogP contribution in [0.3, 0.4) is 0 Å². The molecule has 1 N–H and O–H groups in total. The number of alkyl halides is 3. The van der Waals surface area contributed by atoms with Crippen LogP contribution in [-0.2, 0) is 10.2 Å². The Balaban J connectivity index is 2.99. The Labute approximate surface area is 133 Å². The Kier molecular flexibility index (Phi) is 5.66. The number of carbonyl (C=O) groups is 1. The van der Waals surface area contributed by atoms with E-state index in [1.807, 2.05) is 20.8 Å². The van der Waals surface area contributed by atoms with E-state index in [1.165, 1.54) is 6.92 Å². The minimum absolute atomic E-state index is 0.104. The summed E-state index contributed by atoms with van der Waals surface area (Å²) in [4.78, 5) is 11.7. The molecule has 0 aliphatic rings. The van der Waals surface area contributed by atoms with Crippen LogP contribution in [0.5, 0.6) is 5.75 Å². The molecule has 0 fully saturated rings. The first-order valence-corrected chi connectivity index (χ1v) is 7.13. The van der Waals surface area contributed by atoms with E-state index in [0.717, 1.165) is 0 Å². The zero-order chi connectivity index (χ0) is 18.0. The van der Waals surface area contributed by atoms with Crippen LogP contribution in [0.1, 0.15) is 38.8 Å². The van der Waals surface area contributed by atoms with Crippen molar-refractivity contribution in [3.05, 3.63) is 29.1 Å². The number of benzene rings is 1. The van der Waals surface area contributed by atoms with Gasteiger partial charge >= 0.3 is 6.18 Å². The average molecular weight is 335 g/mol. The molecule has 0 aromatic heterocycles. The highest BCUT2D eigenvalue weighted by Gasteiger charge is 2.30. The van der Waals surface area contributed by atoms with Crippen molar-refractivity contribution in [2.24, 2.45) is 0 Å². The monoisotopic (exact) mass is 335 g/mol. The minimum atomic E-state index is -4.51. The summed E-state index contributed by atoms with van der Waals surface area (Å²) in [7, 11) is 0. The first kappa shape index (κ1) is 19.3. The zero-order valence-electron chi connectivity index (χ0n) is 13.8. The van der Waals surface area contributed by atoms with Gasteiger partial charge in [-0.05, 0) is 24.8 Å². The molecule has 0 radical (unpaired) electrons. The zero-order valence-corrected chi connectivity index (χ0v) is 13.8. The Morgan fingerprint density at radius 3 is 2.30 bits per heavy atom. The van der Waals surface area contributed by atoms with Gasteiger partial charge < -0.3 is 10.1 Å². The van der Waals surface area contributed by atoms with Crippen LogP contribution in [0, 0.1) is 12.7 Å². The van der Waals surface area contributed by atoms with Gasteiger partial charge in [0.1, 0.15) is 6.54 Å². The van der Waals surface area contributed by atoms with E-state index in [9.17, 15) is 22.4 Å². The molecule has 23 heavy (non-hydrogen) atoms. The van der Waals surface area contributed by atoms with Crippen molar-refractivity contribution in [2.75, 3.05) is 6.54 Å². The van der Waals surface area contributed by atoms with Gasteiger partial charge in [-0.25, -0.2) is 4.39 Å². The van der Waals surface area contributed by atoms with E-state index in [1.54, 1.807) is 24.4 Å². The second-order valence-corrected chi connectivity index (χ2v) is 6.42. The molecule has 130 valence electrons. The first-order valence-electron chi connectivity index (χ1n) is 7.13. The topological polar surface area (TPSA) is 38.3 Å². The average Bonchev–Trinajstić information content (AvgIpc) is 2.38. The van der Waals surface area contributed by atoms with E-state index < -0.39 is 36.0 Å². The number of halogens is 4. The summed E-state index contributed by atoms with van der Waals surface area (Å²) in [6.07, 6.45) is -5.77. The number of amides is 1. The van der Waals surface area contributed by atoms with Gasteiger partial charge in [-0.3, -0.25) is 4.79 Å². The summed E-state index contributed by atoms with van der Waals surface area (Å²) < 4.78 is 56.1. The van der Waals surface area contributed by atoms with Crippen molar-refractivity contribution in [2.45, 2.75) is 52.3 Å². The molecule has 7 heteroatoms. The lowest BCUT2D eigenvalue weighted by atomic mass is 9.85. The fraction of sp³-hybridized carbons (Fsp3) is 0.562. The van der Waals surface area contributed by atoms with Gasteiger partial charge in [0, 0.05) is 5.56 Å². The van der Waals surface area contributed by atoms with Crippen LogP contribution >= 0.6 is 0 Å². The molecule has 0 heterocycles. The molecule has 1 aromatic rings. The number of aryl methyl sites for hydroxylation is 1. The third kappa shape index (κ3) is 5.41. The SMILES string of the molecule is Cc1ccc(C(C)(C)C)c(O[C@@H](C)C(=O)NCC(F)(F)F)c1F. The van der Waals surface area contributed by atoms with Gasteiger partial charge in [0.05, 0.1) is 0 Å². The molecule has 3 nitrogen and oxygen atoms in total. The molecule has 0 unspecified atom stereocenters. The minimum Gasteiger partial charge on any atom is -0.478 e. The van der Waals surface area contributed by atoms with Crippen molar-refractivity contribution in [3.63, 3.8) is 0 Å². The van der Waals surface area contributed by atoms with E-state index >= 15 is 0 Å². The van der Waals surface area contributed by atoms with Gasteiger partial charge in [-0.2, -0.15) is 13.2 Å². The summed E-state index contributed by atoms with van der Waals surface area (Å²) in [5.74, 6) is -1.68. The molecule has 1 aromatic carbocycles. The van der Waals surface area contributed by atoms with Crippen molar-refractivity contribution >= 4 is 5.91 Å². The lowest BCUT2D eigenvalue weighted by Crippen LogP contribution is -2.41. The Bertz CT molecular complexity index is 577. The largest absolute Gasteiger partial charge is 0.478 e. The molecule has 1 rings (SSSR count). The maximum atomic E-state index is 14.4. The third-order valence-electron chi connectivity index (χ3n) is 3.23. The van der Waals surface area contributed by atoms with Crippen LogP contribution in [0.4, 0.5) is 17.6 Å². The lowest BCUT2D eigenvalue weighted by molar-refractivity contribution is -0.142. The highest BCUT2D eigenvalue weighted by atomic mass is 19.4. The van der Waals surface area contributed by atoms with Crippen LogP contribution in [0.25, 0.3) is 0 Å². The first-order chi connectivity index (χ1) is 10.3. The van der Waals surface area contributed by atoms with Crippen LogP contribution in [0.15, 0.2) is 12.1 Å². The third-order valence-corrected chi connectivity index (χ3v) is 3.23. The highest BCUT2D eigenvalue weighted by molar-refractivity contribution is 5.80. The van der Waals surface area contributed by atoms with Crippen molar-refractivity contribution in [3.8, 4) is 5.75 Å². The molecule has 0 bridgehead atoms. The Morgan fingerprint density at radius 2 is 1.83 bits per heavy atom. The normalized spacial score (nSPS) is 13.6. The lowest BCUT2D eigenvalue weighted by Gasteiger charge is -2.25. The molecule has 0 aliphatic carbocycles. The number of nitrogens with one attached hydrogen (secondary N) is 1. The molecule has 0 saturated heterocycles. The standard InChI is InChI=1S/C16H21F4NO2/c1-9-6-7-11(15(3,4)5)13(12(9)17)23-10(2)14(22)21-8-16(18,19)20/h6-7,10H,8H2,1-5H3,(H,21,22)/t10-/m0/s1. The van der Waals surface area contributed by atoms with Gasteiger partial charge in [-0.1, -0.05) is 32.9 Å². The fourth-order valence-corrected chi connectivity index (χ4v) is 1.92. The van der Waals surface area contributed by atoms with Crippen molar-refractivity contribution < 1.29 is 27.1 Å². The van der Waals surface area contributed by atoms with E-state index in [2.05, 4.69) is 0 Å². The van der Waals surface area contributed by atoms with Crippen molar-refractivity contribution in [1.82, 2.24) is 5.32 Å². The maximum Gasteiger partial charge on any atom is 0.405 e. The quantitative estimate of drug-likeness (QED) is 0.848. The highest BCUT2D eigenvalue weighted by Crippen LogP contribution is 2.35. The number of carbonyl (C=O) groups excluding carboxylic acids is 1. The number of rotatable bonds is 4. The molecule has 1 amide bonds. The maximum absolute atomic E-state index is 14.4. The summed E-state index contributed by atoms with van der Waals surface area (Å²) in [6, 6.07) is 3.28. The second-order valence-electron chi connectivity index (χ2n) is 6.42. The van der Waals surface area contributed by atoms with E-state index in [-0.39, 0.29) is 5.75 Å². The van der Waals surface area contributed by atoms with E-state index in [0.29, 0.717) is 11.1 Å². The predicted octanol–water partition coefficient (Wildman–Crippen LogP) is 3.88. The number of hydrogen-bond acceptors (Lipinski definition) is 2. The van der Waals surface area contributed by atoms with Gasteiger partial charge in [-0.15, -0.1) is 0 Å². The summed E-state index contributed by atoms with van der Waals surface area (Å²) in [6.45, 7) is 6.90. The Hall–Kier alpha value is -1.79. The smallest absolute Gasteiger partial charge is 0.405 e. The number of hydrogen-bond donors (Lipinski definition) is 1. The molecule has 0 spiro atoms. The number of ether oxygens (including phenoxy) is 1. The molecule has 0 saturated carbocycles. The van der Waals surface area contributed by atoms with Crippen molar-refractivity contribution in [1.29, 1.82) is 0 Å². The van der Waals surface area contributed by atoms with Gasteiger partial charge in [0.25, 0.3) is 5.91 Å². The fourth-order valence-electron chi connectivity index (χ4n) is 1.92. The van der Waals surface area contributed by atoms with Crippen LogP contribution in [0.2, 0.25) is 0 Å². The molecule has 1 atom stereocenters. The Morgan fingerprint density at radius 1 is 1.26 bits per heavy atom. The predicted molar refractivity (Wildman–Crippen MR) is 79.0 cm³/mol. The van der Waals surface area contributed by atoms with Gasteiger partial charge in [0.15, 0.2) is 17.7 Å². The molecular formula is C16H21F4NO2. The summed E-state index contributed by atoms with van der Waals surface area (Å²) in [5.41, 5.74) is 0.415.